The smallest absolute Gasteiger partial charge is 0.336 e. The second-order valence-electron chi connectivity index (χ2n) is 3.48. The second-order valence-corrected chi connectivity index (χ2v) is 5.88. The van der Waals surface area contributed by atoms with Crippen molar-refractivity contribution in [3.8, 4) is 0 Å². The van der Waals surface area contributed by atoms with Crippen LogP contribution >= 0.6 is 39.3 Å². The van der Waals surface area contributed by atoms with E-state index in [2.05, 4.69) is 15.9 Å². The number of rotatable bonds is 3. The highest BCUT2D eigenvalue weighted by molar-refractivity contribution is 9.10. The maximum atomic E-state index is 11.1. The van der Waals surface area contributed by atoms with Gasteiger partial charge in [-0.05, 0) is 30.3 Å². The van der Waals surface area contributed by atoms with Crippen molar-refractivity contribution in [3.63, 3.8) is 0 Å². The first kappa shape index (κ1) is 13.5. The fraction of sp³-hybridized carbons (Fsp3) is 0. The molecule has 1 N–H and O–H groups in total. The minimum Gasteiger partial charge on any atom is -0.478 e. The molecule has 0 unspecified atom stereocenters. The number of carbonyl (C=O) groups is 1. The molecule has 2 nitrogen and oxygen atoms in total. The zero-order valence-corrected chi connectivity index (χ0v) is 12.2. The van der Waals surface area contributed by atoms with E-state index in [4.69, 9.17) is 16.7 Å². The lowest BCUT2D eigenvalue weighted by molar-refractivity contribution is 0.0693. The van der Waals surface area contributed by atoms with Crippen LogP contribution in [0.4, 0.5) is 0 Å². The van der Waals surface area contributed by atoms with Crippen LogP contribution in [0.15, 0.2) is 56.7 Å². The van der Waals surface area contributed by atoms with Gasteiger partial charge in [0.05, 0.1) is 10.6 Å². The van der Waals surface area contributed by atoms with Crippen molar-refractivity contribution in [1.29, 1.82) is 0 Å². The highest BCUT2D eigenvalue weighted by Crippen LogP contribution is 2.36. The summed E-state index contributed by atoms with van der Waals surface area (Å²) in [5.74, 6) is -0.947. The molecule has 0 aliphatic carbocycles. The van der Waals surface area contributed by atoms with Crippen molar-refractivity contribution in [3.05, 3.63) is 57.5 Å². The molecular weight excluding hydrogens is 336 g/mol. The van der Waals surface area contributed by atoms with Gasteiger partial charge < -0.3 is 5.11 Å². The zero-order chi connectivity index (χ0) is 13.1. The largest absolute Gasteiger partial charge is 0.478 e. The molecule has 0 amide bonds. The highest BCUT2D eigenvalue weighted by Gasteiger charge is 2.12. The molecular formula is C13H8BrClO2S. The number of halogens is 2. The molecule has 0 aliphatic rings. The molecule has 0 aliphatic heterocycles. The van der Waals surface area contributed by atoms with E-state index in [1.165, 1.54) is 11.8 Å². The predicted molar refractivity (Wildman–Crippen MR) is 76.7 cm³/mol. The normalized spacial score (nSPS) is 10.3. The summed E-state index contributed by atoms with van der Waals surface area (Å²) in [6.07, 6.45) is 0. The molecule has 0 heterocycles. The van der Waals surface area contributed by atoms with Gasteiger partial charge in [0.2, 0.25) is 0 Å². The average molecular weight is 344 g/mol. The molecule has 18 heavy (non-hydrogen) atoms. The lowest BCUT2D eigenvalue weighted by Crippen LogP contribution is -1.98. The Kier molecular flexibility index (Phi) is 4.32. The van der Waals surface area contributed by atoms with E-state index in [1.54, 1.807) is 24.3 Å². The number of benzene rings is 2. The standard InChI is InChI=1S/C13H8BrClO2S/c14-8-5-6-9(13(16)17)12(7-8)18-11-4-2-1-3-10(11)15/h1-7H,(H,16,17). The Morgan fingerprint density at radius 1 is 1.17 bits per heavy atom. The molecule has 5 heteroatoms. The quantitative estimate of drug-likeness (QED) is 0.856. The van der Waals surface area contributed by atoms with Gasteiger partial charge in [0.25, 0.3) is 0 Å². The van der Waals surface area contributed by atoms with E-state index >= 15 is 0 Å². The van der Waals surface area contributed by atoms with Crippen molar-refractivity contribution in [2.75, 3.05) is 0 Å². The number of carboxylic acids is 1. The maximum Gasteiger partial charge on any atom is 0.336 e. The first-order valence-corrected chi connectivity index (χ1v) is 7.02. The highest BCUT2D eigenvalue weighted by atomic mass is 79.9. The van der Waals surface area contributed by atoms with Crippen LogP contribution in [0.2, 0.25) is 5.02 Å². The first-order valence-electron chi connectivity index (χ1n) is 5.03. The van der Waals surface area contributed by atoms with Crippen LogP contribution in [-0.2, 0) is 0 Å². The Morgan fingerprint density at radius 2 is 1.89 bits per heavy atom. The monoisotopic (exact) mass is 342 g/mol. The maximum absolute atomic E-state index is 11.1. The number of carboxylic acid groups (broad SMARTS) is 1. The molecule has 0 saturated heterocycles. The third-order valence-electron chi connectivity index (χ3n) is 2.23. The summed E-state index contributed by atoms with van der Waals surface area (Å²) in [7, 11) is 0. The van der Waals surface area contributed by atoms with E-state index in [9.17, 15) is 4.79 Å². The molecule has 92 valence electrons. The third kappa shape index (κ3) is 3.07. The van der Waals surface area contributed by atoms with Crippen LogP contribution < -0.4 is 0 Å². The van der Waals surface area contributed by atoms with Crippen LogP contribution in [0.1, 0.15) is 10.4 Å². The SMILES string of the molecule is O=C(O)c1ccc(Br)cc1Sc1ccccc1Cl. The fourth-order valence-electron chi connectivity index (χ4n) is 1.40. The van der Waals surface area contributed by atoms with E-state index in [0.29, 0.717) is 9.92 Å². The molecule has 2 rings (SSSR count). The summed E-state index contributed by atoms with van der Waals surface area (Å²) in [5.41, 5.74) is 0.267. The average Bonchev–Trinajstić information content (AvgIpc) is 2.32. The topological polar surface area (TPSA) is 37.3 Å². The molecule has 0 radical (unpaired) electrons. The Hall–Kier alpha value is -0.970. The Labute approximate surface area is 122 Å². The van der Waals surface area contributed by atoms with Gasteiger partial charge in [-0.3, -0.25) is 0 Å². The summed E-state index contributed by atoms with van der Waals surface area (Å²) in [6, 6.07) is 12.4. The van der Waals surface area contributed by atoms with Crippen molar-refractivity contribution in [1.82, 2.24) is 0 Å². The van der Waals surface area contributed by atoms with Crippen LogP contribution in [0.3, 0.4) is 0 Å². The Balaban J connectivity index is 2.42. The summed E-state index contributed by atoms with van der Waals surface area (Å²) < 4.78 is 0.835. The second kappa shape index (κ2) is 5.78. The zero-order valence-electron chi connectivity index (χ0n) is 9.06. The van der Waals surface area contributed by atoms with Gasteiger partial charge in [0, 0.05) is 14.3 Å². The van der Waals surface area contributed by atoms with E-state index in [-0.39, 0.29) is 5.56 Å². The summed E-state index contributed by atoms with van der Waals surface area (Å²) in [4.78, 5) is 12.6. The minimum absolute atomic E-state index is 0.267. The predicted octanol–water partition coefficient (Wildman–Crippen LogP) is 4.95. The van der Waals surface area contributed by atoms with Gasteiger partial charge in [-0.2, -0.15) is 0 Å². The van der Waals surface area contributed by atoms with E-state index < -0.39 is 5.97 Å². The lowest BCUT2D eigenvalue weighted by Gasteiger charge is -2.07. The Bertz CT molecular complexity index is 601. The summed E-state index contributed by atoms with van der Waals surface area (Å²) in [5, 5.41) is 9.75. The van der Waals surface area contributed by atoms with Gasteiger partial charge >= 0.3 is 5.97 Å². The van der Waals surface area contributed by atoms with Gasteiger partial charge in [0.15, 0.2) is 0 Å². The Morgan fingerprint density at radius 3 is 2.56 bits per heavy atom. The van der Waals surface area contributed by atoms with Gasteiger partial charge in [-0.15, -0.1) is 0 Å². The van der Waals surface area contributed by atoms with Crippen molar-refractivity contribution in [2.24, 2.45) is 0 Å². The van der Waals surface area contributed by atoms with Crippen LogP contribution in [-0.4, -0.2) is 11.1 Å². The number of hydrogen-bond donors (Lipinski definition) is 1. The van der Waals surface area contributed by atoms with Gasteiger partial charge in [0.1, 0.15) is 0 Å². The molecule has 2 aromatic carbocycles. The lowest BCUT2D eigenvalue weighted by atomic mass is 10.2. The molecule has 0 fully saturated rings. The van der Waals surface area contributed by atoms with Crippen LogP contribution in [0, 0.1) is 0 Å². The molecule has 0 bridgehead atoms. The number of aromatic carboxylic acids is 1. The minimum atomic E-state index is -0.947. The summed E-state index contributed by atoms with van der Waals surface area (Å²) in [6.45, 7) is 0. The van der Waals surface area contributed by atoms with E-state index in [0.717, 1.165) is 9.37 Å². The summed E-state index contributed by atoms with van der Waals surface area (Å²) >= 11 is 10.7. The molecule has 0 saturated carbocycles. The third-order valence-corrected chi connectivity index (χ3v) is 4.30. The van der Waals surface area contributed by atoms with Crippen molar-refractivity contribution in [2.45, 2.75) is 9.79 Å². The van der Waals surface area contributed by atoms with Crippen molar-refractivity contribution >= 4 is 45.3 Å². The molecule has 2 aromatic rings. The van der Waals surface area contributed by atoms with E-state index in [1.807, 2.05) is 18.2 Å². The van der Waals surface area contributed by atoms with Gasteiger partial charge in [-0.1, -0.05) is 51.4 Å². The fourth-order valence-corrected chi connectivity index (χ4v) is 3.17. The number of hydrogen-bond acceptors (Lipinski definition) is 2. The van der Waals surface area contributed by atoms with Crippen LogP contribution in [0.5, 0.6) is 0 Å². The van der Waals surface area contributed by atoms with Crippen LogP contribution in [0.25, 0.3) is 0 Å². The molecule has 0 spiro atoms. The van der Waals surface area contributed by atoms with Crippen molar-refractivity contribution < 1.29 is 9.90 Å². The molecule has 0 aromatic heterocycles. The first-order chi connectivity index (χ1) is 8.58. The van der Waals surface area contributed by atoms with Gasteiger partial charge in [-0.25, -0.2) is 4.79 Å². The molecule has 0 atom stereocenters.